The monoisotopic (exact) mass is 610 g/mol. The SMILES string of the molecule is O=C(CCCC(=O)N(c1ccc(C(F)(F)F)cc1)c1nccc(-c2cccc(Cl)c2)n1)NC(Cc1ccccc1)C(=O)O. The molecule has 0 saturated heterocycles. The molecular formula is C31H26ClF3N4O4. The van der Waals surface area contributed by atoms with Crippen LogP contribution < -0.4 is 10.2 Å². The normalized spacial score (nSPS) is 11.9. The molecule has 2 N–H and O–H groups in total. The van der Waals surface area contributed by atoms with E-state index in [4.69, 9.17) is 11.6 Å². The van der Waals surface area contributed by atoms with Gasteiger partial charge in [0.1, 0.15) is 6.04 Å². The first-order valence-electron chi connectivity index (χ1n) is 13.2. The third kappa shape index (κ3) is 8.62. The van der Waals surface area contributed by atoms with Crippen molar-refractivity contribution in [2.24, 2.45) is 0 Å². The van der Waals surface area contributed by atoms with Crippen LogP contribution in [-0.2, 0) is 27.0 Å². The van der Waals surface area contributed by atoms with E-state index < -0.39 is 35.6 Å². The van der Waals surface area contributed by atoms with E-state index in [1.165, 1.54) is 6.20 Å². The quantitative estimate of drug-likeness (QED) is 0.201. The number of aliphatic carboxylic acids is 1. The first kappa shape index (κ1) is 31.2. The zero-order valence-corrected chi connectivity index (χ0v) is 23.3. The highest BCUT2D eigenvalue weighted by Crippen LogP contribution is 2.32. The molecule has 222 valence electrons. The maximum absolute atomic E-state index is 13.5. The van der Waals surface area contributed by atoms with Gasteiger partial charge in [0.25, 0.3) is 0 Å². The maximum atomic E-state index is 13.5. The number of nitrogens with one attached hydrogen (secondary N) is 1. The number of anilines is 2. The van der Waals surface area contributed by atoms with Crippen LogP contribution in [0.1, 0.15) is 30.4 Å². The molecule has 0 spiro atoms. The molecule has 4 rings (SSSR count). The lowest BCUT2D eigenvalue weighted by molar-refractivity contribution is -0.141. The summed E-state index contributed by atoms with van der Waals surface area (Å²) in [6.07, 6.45) is -3.40. The average molecular weight is 611 g/mol. The van der Waals surface area contributed by atoms with Crippen LogP contribution >= 0.6 is 11.6 Å². The number of aromatic nitrogens is 2. The highest BCUT2D eigenvalue weighted by Gasteiger charge is 2.31. The van der Waals surface area contributed by atoms with Crippen molar-refractivity contribution >= 4 is 41.0 Å². The first-order valence-corrected chi connectivity index (χ1v) is 13.5. The molecule has 0 aliphatic rings. The molecule has 1 unspecified atom stereocenters. The summed E-state index contributed by atoms with van der Waals surface area (Å²) in [4.78, 5) is 47.4. The summed E-state index contributed by atoms with van der Waals surface area (Å²) in [6, 6.07) is 20.1. The Morgan fingerprint density at radius 3 is 2.30 bits per heavy atom. The van der Waals surface area contributed by atoms with E-state index in [1.807, 2.05) is 0 Å². The number of carboxylic acids is 1. The lowest BCUT2D eigenvalue weighted by Gasteiger charge is -2.22. The molecule has 0 bridgehead atoms. The Kier molecular flexibility index (Phi) is 10.1. The van der Waals surface area contributed by atoms with Gasteiger partial charge in [0.15, 0.2) is 0 Å². The van der Waals surface area contributed by atoms with E-state index in [1.54, 1.807) is 60.7 Å². The number of alkyl halides is 3. The van der Waals surface area contributed by atoms with Crippen molar-refractivity contribution in [2.45, 2.75) is 37.9 Å². The van der Waals surface area contributed by atoms with Gasteiger partial charge in [-0.3, -0.25) is 9.59 Å². The van der Waals surface area contributed by atoms with Crippen molar-refractivity contribution in [3.8, 4) is 11.3 Å². The van der Waals surface area contributed by atoms with Crippen molar-refractivity contribution in [2.75, 3.05) is 4.90 Å². The van der Waals surface area contributed by atoms with Crippen LogP contribution in [0, 0.1) is 0 Å². The summed E-state index contributed by atoms with van der Waals surface area (Å²) in [5.41, 5.74) is 1.00. The molecule has 4 aromatic rings. The van der Waals surface area contributed by atoms with Gasteiger partial charge >= 0.3 is 12.1 Å². The van der Waals surface area contributed by atoms with E-state index >= 15 is 0 Å². The van der Waals surface area contributed by atoms with Gasteiger partial charge in [-0.1, -0.05) is 54.1 Å². The average Bonchev–Trinajstić information content (AvgIpc) is 2.97. The second-order valence-electron chi connectivity index (χ2n) is 9.53. The minimum absolute atomic E-state index is 0.0352. The predicted octanol–water partition coefficient (Wildman–Crippen LogP) is 6.46. The molecule has 1 atom stereocenters. The lowest BCUT2D eigenvalue weighted by Crippen LogP contribution is -2.42. The predicted molar refractivity (Wildman–Crippen MR) is 155 cm³/mol. The number of halogens is 4. The molecule has 8 nitrogen and oxygen atoms in total. The number of amides is 2. The van der Waals surface area contributed by atoms with E-state index in [0.29, 0.717) is 16.3 Å². The zero-order chi connectivity index (χ0) is 31.0. The van der Waals surface area contributed by atoms with Crippen molar-refractivity contribution in [3.05, 3.63) is 107 Å². The standard InChI is InChI=1S/C31H26ClF3N4O4/c32-23-9-4-8-21(19-23)25-16-17-36-30(38-25)39(24-14-12-22(13-15-24)31(33,34)35)28(41)11-5-10-27(40)37-26(29(42)43)18-20-6-2-1-3-7-20/h1-4,6-9,12-17,19,26H,5,10-11,18H2,(H,37,40)(H,42,43). The van der Waals surface area contributed by atoms with Gasteiger partial charge in [0, 0.05) is 36.0 Å². The van der Waals surface area contributed by atoms with Gasteiger partial charge in [0.2, 0.25) is 17.8 Å². The molecule has 1 aromatic heterocycles. The molecule has 0 saturated carbocycles. The summed E-state index contributed by atoms with van der Waals surface area (Å²) in [5.74, 6) is -2.41. The second kappa shape index (κ2) is 13.9. The fourth-order valence-electron chi connectivity index (χ4n) is 4.26. The van der Waals surface area contributed by atoms with Crippen LogP contribution in [0.15, 0.2) is 91.1 Å². The van der Waals surface area contributed by atoms with E-state index in [0.717, 1.165) is 34.7 Å². The van der Waals surface area contributed by atoms with Gasteiger partial charge in [-0.2, -0.15) is 13.2 Å². The number of rotatable bonds is 11. The minimum Gasteiger partial charge on any atom is -0.480 e. The third-order valence-electron chi connectivity index (χ3n) is 6.38. The first-order chi connectivity index (χ1) is 20.5. The van der Waals surface area contributed by atoms with Crippen molar-refractivity contribution in [1.82, 2.24) is 15.3 Å². The number of hydrogen-bond donors (Lipinski definition) is 2. The van der Waals surface area contributed by atoms with E-state index in [-0.39, 0.29) is 37.3 Å². The van der Waals surface area contributed by atoms with Crippen LogP contribution in [0.5, 0.6) is 0 Å². The molecule has 43 heavy (non-hydrogen) atoms. The summed E-state index contributed by atoms with van der Waals surface area (Å²) in [5, 5.41) is 12.5. The van der Waals surface area contributed by atoms with Crippen LogP contribution in [0.2, 0.25) is 5.02 Å². The van der Waals surface area contributed by atoms with Crippen LogP contribution in [-0.4, -0.2) is 38.9 Å². The molecule has 3 aromatic carbocycles. The van der Waals surface area contributed by atoms with Crippen LogP contribution in [0.25, 0.3) is 11.3 Å². The summed E-state index contributed by atoms with van der Waals surface area (Å²) in [6.45, 7) is 0. The smallest absolute Gasteiger partial charge is 0.416 e. The molecule has 12 heteroatoms. The fourth-order valence-corrected chi connectivity index (χ4v) is 4.45. The largest absolute Gasteiger partial charge is 0.480 e. The number of carboxylic acid groups (broad SMARTS) is 1. The lowest BCUT2D eigenvalue weighted by atomic mass is 10.1. The number of benzene rings is 3. The number of nitrogens with zero attached hydrogens (tertiary/aromatic N) is 3. The Hall–Kier alpha value is -4.77. The molecule has 0 aliphatic heterocycles. The molecule has 0 fully saturated rings. The fraction of sp³-hybridized carbons (Fsp3) is 0.194. The van der Waals surface area contributed by atoms with Crippen LogP contribution in [0.3, 0.4) is 0 Å². The number of carbonyl (C=O) groups excluding carboxylic acids is 2. The number of carbonyl (C=O) groups is 3. The van der Waals surface area contributed by atoms with Crippen molar-refractivity contribution in [3.63, 3.8) is 0 Å². The zero-order valence-electron chi connectivity index (χ0n) is 22.6. The Labute approximate surface area is 250 Å². The van der Waals surface area contributed by atoms with Gasteiger partial charge in [-0.25, -0.2) is 19.7 Å². The Morgan fingerprint density at radius 1 is 0.930 bits per heavy atom. The molecule has 2 amide bonds. The Balaban J connectivity index is 1.51. The van der Waals surface area contributed by atoms with E-state index in [2.05, 4.69) is 15.3 Å². The van der Waals surface area contributed by atoms with Crippen molar-refractivity contribution in [1.29, 1.82) is 0 Å². The Morgan fingerprint density at radius 2 is 1.65 bits per heavy atom. The highest BCUT2D eigenvalue weighted by molar-refractivity contribution is 6.30. The molecule has 0 aliphatic carbocycles. The topological polar surface area (TPSA) is 112 Å². The molecule has 0 radical (unpaired) electrons. The number of hydrogen-bond acceptors (Lipinski definition) is 5. The highest BCUT2D eigenvalue weighted by atomic mass is 35.5. The van der Waals surface area contributed by atoms with Gasteiger partial charge in [0.05, 0.1) is 16.9 Å². The van der Waals surface area contributed by atoms with Gasteiger partial charge in [-0.15, -0.1) is 0 Å². The van der Waals surface area contributed by atoms with Crippen molar-refractivity contribution < 1.29 is 32.7 Å². The van der Waals surface area contributed by atoms with E-state index in [9.17, 15) is 32.7 Å². The molecular weight excluding hydrogens is 585 g/mol. The Bertz CT molecular complexity index is 1580. The van der Waals surface area contributed by atoms with Gasteiger partial charge < -0.3 is 10.4 Å². The van der Waals surface area contributed by atoms with Crippen LogP contribution in [0.4, 0.5) is 24.8 Å². The summed E-state index contributed by atoms with van der Waals surface area (Å²) < 4.78 is 39.6. The second-order valence-corrected chi connectivity index (χ2v) is 9.96. The molecule has 1 heterocycles. The maximum Gasteiger partial charge on any atom is 0.416 e. The summed E-state index contributed by atoms with van der Waals surface area (Å²) >= 11 is 6.10. The minimum atomic E-state index is -4.57. The third-order valence-corrected chi connectivity index (χ3v) is 6.61. The van der Waals surface area contributed by atoms with Gasteiger partial charge in [-0.05, 0) is 54.4 Å². The summed E-state index contributed by atoms with van der Waals surface area (Å²) in [7, 11) is 0.